The second-order valence-corrected chi connectivity index (χ2v) is 9.25. The summed E-state index contributed by atoms with van der Waals surface area (Å²) in [6.45, 7) is 2.62. The molecule has 0 amide bonds. The molecule has 1 aliphatic carbocycles. The first-order valence-corrected chi connectivity index (χ1v) is 11.8. The highest BCUT2D eigenvalue weighted by atomic mass is 16.5. The number of aromatic nitrogens is 4. The van der Waals surface area contributed by atoms with Crippen LogP contribution >= 0.6 is 0 Å². The van der Waals surface area contributed by atoms with Gasteiger partial charge >= 0.3 is 0 Å². The highest BCUT2D eigenvalue weighted by Gasteiger charge is 2.37. The Morgan fingerprint density at radius 1 is 0.857 bits per heavy atom. The molecule has 5 aromatic rings. The summed E-state index contributed by atoms with van der Waals surface area (Å²) in [4.78, 5) is 18.8. The third-order valence-corrected chi connectivity index (χ3v) is 6.75. The molecule has 0 aliphatic heterocycles. The van der Waals surface area contributed by atoms with E-state index < -0.39 is 0 Å². The lowest BCUT2D eigenvalue weighted by atomic mass is 9.89. The molecule has 0 spiro atoms. The summed E-state index contributed by atoms with van der Waals surface area (Å²) in [5.41, 5.74) is 12.8. The van der Waals surface area contributed by atoms with Gasteiger partial charge in [-0.2, -0.15) is 0 Å². The minimum absolute atomic E-state index is 0.197. The Balaban J connectivity index is 1.42. The highest BCUT2D eigenvalue weighted by molar-refractivity contribution is 5.87. The molecule has 172 valence electrons. The zero-order valence-electron chi connectivity index (χ0n) is 19.5. The average molecular weight is 460 g/mol. The second kappa shape index (κ2) is 8.47. The van der Waals surface area contributed by atoms with E-state index in [0.29, 0.717) is 12.5 Å². The normalized spacial score (nSPS) is 16.8. The van der Waals surface area contributed by atoms with Crippen molar-refractivity contribution in [1.82, 2.24) is 19.9 Å². The van der Waals surface area contributed by atoms with Gasteiger partial charge in [-0.3, -0.25) is 9.97 Å². The summed E-state index contributed by atoms with van der Waals surface area (Å²) in [5.74, 6) is 0.620. The monoisotopic (exact) mass is 459 g/mol. The van der Waals surface area contributed by atoms with E-state index in [2.05, 4.69) is 29.0 Å². The van der Waals surface area contributed by atoms with Gasteiger partial charge in [0.15, 0.2) is 5.82 Å². The van der Waals surface area contributed by atoms with E-state index in [9.17, 15) is 0 Å². The summed E-state index contributed by atoms with van der Waals surface area (Å²) in [5, 5.41) is 1.03. The number of nitrogens with zero attached hydrogens (tertiary/aromatic N) is 4. The molecule has 0 saturated heterocycles. The lowest BCUT2D eigenvalue weighted by molar-refractivity contribution is 0.217. The standard InChI is InChI=1S/C29H25N5O/c1-29(14-13-20-9-5-16-32-26(20)29)18-35-28-27(30)33-24(19-7-3-2-4-8-19)25(34-28)22-11-12-23-21(17-22)10-6-15-31-23/h2-12,15-17H,13-14,18H2,1H3,(H2,30,33). The quantitative estimate of drug-likeness (QED) is 0.367. The molecule has 1 unspecified atom stereocenters. The number of hydrogen-bond donors (Lipinski definition) is 1. The first kappa shape index (κ1) is 21.2. The molecule has 2 N–H and O–H groups in total. The van der Waals surface area contributed by atoms with Crippen molar-refractivity contribution in [2.75, 3.05) is 12.3 Å². The molecule has 0 radical (unpaired) electrons. The van der Waals surface area contributed by atoms with Gasteiger partial charge in [-0.05, 0) is 42.7 Å². The van der Waals surface area contributed by atoms with Crippen molar-refractivity contribution in [3.8, 4) is 28.4 Å². The van der Waals surface area contributed by atoms with Crippen molar-refractivity contribution in [2.24, 2.45) is 0 Å². The van der Waals surface area contributed by atoms with Crippen LogP contribution in [-0.2, 0) is 11.8 Å². The highest BCUT2D eigenvalue weighted by Crippen LogP contribution is 2.39. The zero-order chi connectivity index (χ0) is 23.8. The summed E-state index contributed by atoms with van der Waals surface area (Å²) in [6.07, 6.45) is 5.60. The zero-order valence-corrected chi connectivity index (χ0v) is 19.5. The van der Waals surface area contributed by atoms with E-state index in [-0.39, 0.29) is 11.2 Å². The molecule has 0 bridgehead atoms. The largest absolute Gasteiger partial charge is 0.474 e. The van der Waals surface area contributed by atoms with E-state index in [1.807, 2.05) is 66.9 Å². The van der Waals surface area contributed by atoms with Crippen LogP contribution < -0.4 is 10.5 Å². The topological polar surface area (TPSA) is 86.8 Å². The van der Waals surface area contributed by atoms with Gasteiger partial charge in [0.1, 0.15) is 12.3 Å². The van der Waals surface area contributed by atoms with E-state index in [1.165, 1.54) is 5.56 Å². The predicted octanol–water partition coefficient (Wildman–Crippen LogP) is 5.62. The minimum Gasteiger partial charge on any atom is -0.474 e. The van der Waals surface area contributed by atoms with Gasteiger partial charge in [0, 0.05) is 34.3 Å². The fourth-order valence-corrected chi connectivity index (χ4v) is 4.84. The van der Waals surface area contributed by atoms with Crippen LogP contribution in [0.25, 0.3) is 33.4 Å². The molecule has 35 heavy (non-hydrogen) atoms. The SMILES string of the molecule is CC1(COc2nc(-c3ccc4ncccc4c3)c(-c3ccccc3)nc2N)CCc2cccnc21. The Labute approximate surface area is 203 Å². The van der Waals surface area contributed by atoms with Crippen LogP contribution in [0.3, 0.4) is 0 Å². The molecule has 3 aromatic heterocycles. The minimum atomic E-state index is -0.197. The number of nitrogen functional groups attached to an aromatic ring is 1. The number of benzene rings is 2. The third-order valence-electron chi connectivity index (χ3n) is 6.75. The lowest BCUT2D eigenvalue weighted by Gasteiger charge is -2.24. The summed E-state index contributed by atoms with van der Waals surface area (Å²) < 4.78 is 6.27. The Morgan fingerprint density at radius 3 is 2.54 bits per heavy atom. The van der Waals surface area contributed by atoms with Crippen molar-refractivity contribution in [3.05, 3.63) is 96.4 Å². The van der Waals surface area contributed by atoms with Crippen molar-refractivity contribution in [3.63, 3.8) is 0 Å². The van der Waals surface area contributed by atoms with Gasteiger partial charge in [0.25, 0.3) is 5.88 Å². The van der Waals surface area contributed by atoms with Crippen LogP contribution in [0.2, 0.25) is 0 Å². The van der Waals surface area contributed by atoms with E-state index in [0.717, 1.165) is 52.0 Å². The third kappa shape index (κ3) is 3.87. The number of aryl methyl sites for hydroxylation is 1. The molecule has 6 rings (SSSR count). The molecular formula is C29H25N5O. The van der Waals surface area contributed by atoms with E-state index in [4.69, 9.17) is 20.4 Å². The smallest absolute Gasteiger partial charge is 0.257 e. The molecule has 6 nitrogen and oxygen atoms in total. The molecule has 3 heterocycles. The molecule has 1 aliphatic rings. The number of rotatable bonds is 5. The molecule has 0 fully saturated rings. The Bertz CT molecular complexity index is 1540. The van der Waals surface area contributed by atoms with Crippen LogP contribution in [-0.4, -0.2) is 26.5 Å². The first-order chi connectivity index (χ1) is 17.1. The van der Waals surface area contributed by atoms with Crippen LogP contribution in [0.1, 0.15) is 24.6 Å². The second-order valence-electron chi connectivity index (χ2n) is 9.25. The van der Waals surface area contributed by atoms with Crippen molar-refractivity contribution in [1.29, 1.82) is 0 Å². The van der Waals surface area contributed by atoms with Crippen molar-refractivity contribution >= 4 is 16.7 Å². The number of hydrogen-bond acceptors (Lipinski definition) is 6. The number of ether oxygens (including phenoxy) is 1. The summed E-state index contributed by atoms with van der Waals surface area (Å²) in [7, 11) is 0. The molecule has 1 atom stereocenters. The average Bonchev–Trinajstić information content (AvgIpc) is 3.25. The van der Waals surface area contributed by atoms with Gasteiger partial charge in [0.05, 0.1) is 16.9 Å². The van der Waals surface area contributed by atoms with Gasteiger partial charge < -0.3 is 10.5 Å². The fraction of sp³-hybridized carbons (Fsp3) is 0.172. The van der Waals surface area contributed by atoms with Crippen LogP contribution in [0.5, 0.6) is 5.88 Å². The number of fused-ring (bicyclic) bond motifs is 2. The predicted molar refractivity (Wildman–Crippen MR) is 138 cm³/mol. The summed E-state index contributed by atoms with van der Waals surface area (Å²) >= 11 is 0. The molecule has 0 saturated carbocycles. The van der Waals surface area contributed by atoms with Crippen molar-refractivity contribution < 1.29 is 4.74 Å². The Kier molecular flexibility index (Phi) is 5.14. The number of pyridine rings is 2. The maximum Gasteiger partial charge on any atom is 0.257 e. The Hall–Kier alpha value is -4.32. The molecular weight excluding hydrogens is 434 g/mol. The lowest BCUT2D eigenvalue weighted by Crippen LogP contribution is -2.28. The van der Waals surface area contributed by atoms with Gasteiger partial charge in [-0.15, -0.1) is 0 Å². The molecule has 6 heteroatoms. The van der Waals surface area contributed by atoms with Crippen LogP contribution in [0.4, 0.5) is 5.82 Å². The fourth-order valence-electron chi connectivity index (χ4n) is 4.84. The van der Waals surface area contributed by atoms with Gasteiger partial charge in [0.2, 0.25) is 0 Å². The number of anilines is 1. The maximum absolute atomic E-state index is 6.39. The first-order valence-electron chi connectivity index (χ1n) is 11.8. The molecule has 2 aromatic carbocycles. The number of nitrogens with two attached hydrogens (primary N) is 1. The van der Waals surface area contributed by atoms with Crippen LogP contribution in [0, 0.1) is 0 Å². The maximum atomic E-state index is 6.39. The van der Waals surface area contributed by atoms with Crippen molar-refractivity contribution in [2.45, 2.75) is 25.2 Å². The van der Waals surface area contributed by atoms with Gasteiger partial charge in [-0.25, -0.2) is 9.97 Å². The van der Waals surface area contributed by atoms with E-state index >= 15 is 0 Å². The Morgan fingerprint density at radius 2 is 1.66 bits per heavy atom. The van der Waals surface area contributed by atoms with Gasteiger partial charge in [-0.1, -0.05) is 55.5 Å². The van der Waals surface area contributed by atoms with Crippen LogP contribution in [0.15, 0.2) is 85.2 Å². The van der Waals surface area contributed by atoms with E-state index in [1.54, 1.807) is 6.20 Å². The summed E-state index contributed by atoms with van der Waals surface area (Å²) in [6, 6.07) is 24.2.